The van der Waals surface area contributed by atoms with Crippen molar-refractivity contribution in [3.8, 4) is 0 Å². The van der Waals surface area contributed by atoms with E-state index in [9.17, 15) is 28.1 Å². The number of urea groups is 1. The van der Waals surface area contributed by atoms with E-state index in [0.29, 0.717) is 6.07 Å². The molecule has 1 atom stereocenters. The Bertz CT molecular complexity index is 829. The number of rotatable bonds is 7. The standard InChI is InChI=1S/C18H19F3N4O3/c1-12(13-5-3-2-4-6-13)24-17(26)23-10-9-22-15-8-7-14(18(19,20)21)11-16(15)25(27)28/h2-8,11-12,22H,9-10H2,1H3,(H2,23,24,26)/t12-/m1/s1. The van der Waals surface area contributed by atoms with Crippen molar-refractivity contribution in [3.63, 3.8) is 0 Å². The molecule has 0 saturated carbocycles. The molecule has 0 spiro atoms. The Morgan fingerprint density at radius 1 is 1.14 bits per heavy atom. The normalized spacial score (nSPS) is 12.1. The van der Waals surface area contributed by atoms with E-state index in [1.165, 1.54) is 0 Å². The van der Waals surface area contributed by atoms with Crippen LogP contribution in [0.25, 0.3) is 0 Å². The molecule has 0 aliphatic rings. The van der Waals surface area contributed by atoms with Crippen LogP contribution in [0.5, 0.6) is 0 Å². The Morgan fingerprint density at radius 2 is 1.82 bits per heavy atom. The Morgan fingerprint density at radius 3 is 2.43 bits per heavy atom. The highest BCUT2D eigenvalue weighted by Crippen LogP contribution is 2.34. The van der Waals surface area contributed by atoms with Gasteiger partial charge in [-0.25, -0.2) is 4.79 Å². The van der Waals surface area contributed by atoms with E-state index in [1.54, 1.807) is 0 Å². The number of nitro benzene ring substituents is 1. The maximum Gasteiger partial charge on any atom is 0.416 e. The first kappa shape index (κ1) is 21.0. The summed E-state index contributed by atoms with van der Waals surface area (Å²) in [5.41, 5.74) is -0.914. The van der Waals surface area contributed by atoms with Gasteiger partial charge in [-0.15, -0.1) is 0 Å². The summed E-state index contributed by atoms with van der Waals surface area (Å²) in [6.45, 7) is 2.03. The van der Waals surface area contributed by atoms with E-state index >= 15 is 0 Å². The highest BCUT2D eigenvalue weighted by Gasteiger charge is 2.32. The van der Waals surface area contributed by atoms with Gasteiger partial charge in [0.1, 0.15) is 5.69 Å². The van der Waals surface area contributed by atoms with Crippen LogP contribution in [0.15, 0.2) is 48.5 Å². The minimum atomic E-state index is -4.67. The number of carbonyl (C=O) groups is 1. The Labute approximate surface area is 159 Å². The number of nitro groups is 1. The number of benzene rings is 2. The fraction of sp³-hybridized carbons (Fsp3) is 0.278. The second kappa shape index (κ2) is 9.07. The van der Waals surface area contributed by atoms with E-state index < -0.39 is 28.4 Å². The zero-order chi connectivity index (χ0) is 20.7. The highest BCUT2D eigenvalue weighted by atomic mass is 19.4. The molecule has 7 nitrogen and oxygen atoms in total. The molecule has 0 aliphatic heterocycles. The Balaban J connectivity index is 1.86. The van der Waals surface area contributed by atoms with Gasteiger partial charge >= 0.3 is 12.2 Å². The molecule has 0 bridgehead atoms. The molecule has 10 heteroatoms. The van der Waals surface area contributed by atoms with E-state index in [-0.39, 0.29) is 24.8 Å². The number of carbonyl (C=O) groups excluding carboxylic acids is 1. The van der Waals surface area contributed by atoms with Crippen molar-refractivity contribution in [2.45, 2.75) is 19.1 Å². The predicted molar refractivity (Wildman–Crippen MR) is 98.0 cm³/mol. The van der Waals surface area contributed by atoms with E-state index in [1.807, 2.05) is 37.3 Å². The summed E-state index contributed by atoms with van der Waals surface area (Å²) < 4.78 is 38.1. The molecule has 0 aromatic heterocycles. The lowest BCUT2D eigenvalue weighted by molar-refractivity contribution is -0.384. The molecule has 0 radical (unpaired) electrons. The molecule has 150 valence electrons. The fourth-order valence-corrected chi connectivity index (χ4v) is 2.45. The monoisotopic (exact) mass is 396 g/mol. The molecular weight excluding hydrogens is 377 g/mol. The van der Waals surface area contributed by atoms with Crippen LogP contribution in [-0.2, 0) is 6.18 Å². The van der Waals surface area contributed by atoms with Gasteiger partial charge in [0.2, 0.25) is 0 Å². The predicted octanol–water partition coefficient (Wildman–Crippen LogP) is 4.09. The van der Waals surface area contributed by atoms with Crippen LogP contribution in [-0.4, -0.2) is 24.0 Å². The second-order valence-electron chi connectivity index (χ2n) is 5.95. The van der Waals surface area contributed by atoms with Crippen molar-refractivity contribution in [2.24, 2.45) is 0 Å². The summed E-state index contributed by atoms with van der Waals surface area (Å²) in [5, 5.41) is 19.0. The van der Waals surface area contributed by atoms with Gasteiger partial charge in [0.15, 0.2) is 0 Å². The number of amides is 2. The lowest BCUT2D eigenvalue weighted by Crippen LogP contribution is -2.39. The third-order valence-electron chi connectivity index (χ3n) is 3.89. The van der Waals surface area contributed by atoms with Gasteiger partial charge in [-0.1, -0.05) is 30.3 Å². The Kier molecular flexibility index (Phi) is 6.80. The van der Waals surface area contributed by atoms with Gasteiger partial charge in [0.25, 0.3) is 5.69 Å². The number of hydrogen-bond donors (Lipinski definition) is 3. The quantitative estimate of drug-likeness (QED) is 0.373. The first-order valence-corrected chi connectivity index (χ1v) is 8.37. The second-order valence-corrected chi connectivity index (χ2v) is 5.95. The molecule has 2 amide bonds. The molecule has 0 unspecified atom stereocenters. The number of nitrogens with zero attached hydrogens (tertiary/aromatic N) is 1. The molecule has 2 rings (SSSR count). The molecule has 2 aromatic carbocycles. The molecular formula is C18H19F3N4O3. The number of halogens is 3. The number of anilines is 1. The summed E-state index contributed by atoms with van der Waals surface area (Å²) in [6, 6.07) is 10.9. The number of nitrogens with one attached hydrogen (secondary N) is 3. The number of alkyl halides is 3. The zero-order valence-corrected chi connectivity index (χ0v) is 14.9. The van der Waals surface area contributed by atoms with Crippen LogP contribution >= 0.6 is 0 Å². The van der Waals surface area contributed by atoms with E-state index in [4.69, 9.17) is 0 Å². The van der Waals surface area contributed by atoms with Crippen LogP contribution < -0.4 is 16.0 Å². The maximum absolute atomic E-state index is 12.7. The topological polar surface area (TPSA) is 96.3 Å². The van der Waals surface area contributed by atoms with Crippen LogP contribution in [0.4, 0.5) is 29.3 Å². The van der Waals surface area contributed by atoms with Gasteiger partial charge in [-0.3, -0.25) is 10.1 Å². The minimum absolute atomic E-state index is 0.0575. The summed E-state index contributed by atoms with van der Waals surface area (Å²) in [6.07, 6.45) is -4.67. The lowest BCUT2D eigenvalue weighted by atomic mass is 10.1. The Hall–Kier alpha value is -3.30. The smallest absolute Gasteiger partial charge is 0.378 e. The van der Waals surface area contributed by atoms with Crippen LogP contribution in [0.1, 0.15) is 24.1 Å². The van der Waals surface area contributed by atoms with Crippen molar-refractivity contribution in [2.75, 3.05) is 18.4 Å². The summed E-state index contributed by atoms with van der Waals surface area (Å²) in [4.78, 5) is 22.0. The molecule has 0 saturated heterocycles. The molecule has 0 aliphatic carbocycles. The van der Waals surface area contributed by atoms with E-state index in [0.717, 1.165) is 17.7 Å². The molecule has 3 N–H and O–H groups in total. The maximum atomic E-state index is 12.7. The lowest BCUT2D eigenvalue weighted by Gasteiger charge is -2.15. The fourth-order valence-electron chi connectivity index (χ4n) is 2.45. The summed E-state index contributed by atoms with van der Waals surface area (Å²) in [7, 11) is 0. The van der Waals surface area contributed by atoms with Gasteiger partial charge in [0.05, 0.1) is 16.5 Å². The molecule has 0 fully saturated rings. The van der Waals surface area contributed by atoms with Crippen molar-refractivity contribution < 1.29 is 22.9 Å². The number of hydrogen-bond acceptors (Lipinski definition) is 4. The first-order valence-electron chi connectivity index (χ1n) is 8.37. The van der Waals surface area contributed by atoms with Crippen molar-refractivity contribution in [3.05, 3.63) is 69.8 Å². The van der Waals surface area contributed by atoms with Crippen LogP contribution in [0.3, 0.4) is 0 Å². The van der Waals surface area contributed by atoms with Crippen molar-refractivity contribution in [1.29, 1.82) is 0 Å². The average molecular weight is 396 g/mol. The summed E-state index contributed by atoms with van der Waals surface area (Å²) >= 11 is 0. The first-order chi connectivity index (χ1) is 13.2. The third kappa shape index (κ3) is 5.86. The van der Waals surface area contributed by atoms with Crippen LogP contribution in [0.2, 0.25) is 0 Å². The van der Waals surface area contributed by atoms with Gasteiger partial charge < -0.3 is 16.0 Å². The van der Waals surface area contributed by atoms with Crippen molar-refractivity contribution in [1.82, 2.24) is 10.6 Å². The van der Waals surface area contributed by atoms with Gasteiger partial charge in [-0.05, 0) is 24.6 Å². The van der Waals surface area contributed by atoms with Crippen LogP contribution in [0, 0.1) is 10.1 Å². The molecule has 0 heterocycles. The average Bonchev–Trinajstić information content (AvgIpc) is 2.65. The highest BCUT2D eigenvalue weighted by molar-refractivity contribution is 5.74. The van der Waals surface area contributed by atoms with Gasteiger partial charge in [-0.2, -0.15) is 13.2 Å². The molecule has 2 aromatic rings. The summed E-state index contributed by atoms with van der Waals surface area (Å²) in [5.74, 6) is 0. The minimum Gasteiger partial charge on any atom is -0.378 e. The van der Waals surface area contributed by atoms with E-state index in [2.05, 4.69) is 16.0 Å². The zero-order valence-electron chi connectivity index (χ0n) is 14.9. The largest absolute Gasteiger partial charge is 0.416 e. The molecule has 28 heavy (non-hydrogen) atoms. The SMILES string of the molecule is C[C@@H](NC(=O)NCCNc1ccc(C(F)(F)F)cc1[N+](=O)[O-])c1ccccc1. The van der Waals surface area contributed by atoms with Gasteiger partial charge in [0, 0.05) is 19.2 Å². The third-order valence-corrected chi connectivity index (χ3v) is 3.89. The van der Waals surface area contributed by atoms with Crippen molar-refractivity contribution >= 4 is 17.4 Å².